The number of Topliss-reactive ketones (excluding diaryl/α,β-unsaturated/α-hetero) is 1. The second kappa shape index (κ2) is 10.0. The normalized spacial score (nSPS) is 21.6. The first-order valence-electron chi connectivity index (χ1n) is 11.3. The smallest absolute Gasteiger partial charge is 0.145 e. The van der Waals surface area contributed by atoms with Gasteiger partial charge in [0.2, 0.25) is 0 Å². The number of amidine groups is 1. The summed E-state index contributed by atoms with van der Waals surface area (Å²) >= 11 is 0. The van der Waals surface area contributed by atoms with Crippen molar-refractivity contribution in [2.24, 2.45) is 10.9 Å². The molecule has 0 radical (unpaired) electrons. The van der Waals surface area contributed by atoms with Gasteiger partial charge in [0.05, 0.1) is 12.0 Å². The maximum Gasteiger partial charge on any atom is 0.145 e. The first-order valence-corrected chi connectivity index (χ1v) is 11.3. The molecule has 1 saturated carbocycles. The summed E-state index contributed by atoms with van der Waals surface area (Å²) in [7, 11) is 0. The lowest BCUT2D eigenvalue weighted by atomic mass is 9.84. The predicted molar refractivity (Wildman–Crippen MR) is 122 cm³/mol. The van der Waals surface area contributed by atoms with E-state index in [0.29, 0.717) is 12.5 Å². The number of carbonyl (C=O) groups excluding carboxylic acids is 1. The number of rotatable bonds is 6. The van der Waals surface area contributed by atoms with Crippen molar-refractivity contribution in [2.45, 2.75) is 84.6 Å². The van der Waals surface area contributed by atoms with E-state index < -0.39 is 0 Å². The van der Waals surface area contributed by atoms with Gasteiger partial charge in [-0.2, -0.15) is 0 Å². The summed E-state index contributed by atoms with van der Waals surface area (Å²) in [5, 5.41) is 3.60. The Morgan fingerprint density at radius 2 is 1.79 bits per heavy atom. The van der Waals surface area contributed by atoms with Gasteiger partial charge in [-0.15, -0.1) is 0 Å². The largest absolute Gasteiger partial charge is 0.347 e. The van der Waals surface area contributed by atoms with E-state index >= 15 is 0 Å². The fraction of sp³-hybridized carbons (Fsp3) is 0.538. The minimum atomic E-state index is -0.110. The highest BCUT2D eigenvalue weighted by Crippen LogP contribution is 2.29. The van der Waals surface area contributed by atoms with Crippen LogP contribution in [0.3, 0.4) is 0 Å². The van der Waals surface area contributed by atoms with Crippen molar-refractivity contribution >= 4 is 11.6 Å². The fourth-order valence-electron chi connectivity index (χ4n) is 4.32. The fourth-order valence-corrected chi connectivity index (χ4v) is 4.32. The van der Waals surface area contributed by atoms with Crippen LogP contribution in [0.25, 0.3) is 0 Å². The van der Waals surface area contributed by atoms with E-state index in [-0.39, 0.29) is 11.7 Å². The van der Waals surface area contributed by atoms with Gasteiger partial charge >= 0.3 is 0 Å². The summed E-state index contributed by atoms with van der Waals surface area (Å²) in [6.07, 6.45) is 9.58. The van der Waals surface area contributed by atoms with Gasteiger partial charge in [0.15, 0.2) is 0 Å². The summed E-state index contributed by atoms with van der Waals surface area (Å²) in [5.41, 5.74) is 5.77. The second-order valence-electron chi connectivity index (χ2n) is 8.67. The summed E-state index contributed by atoms with van der Waals surface area (Å²) in [6, 6.07) is 9.32. The molecule has 1 aromatic rings. The van der Waals surface area contributed by atoms with Crippen LogP contribution in [0.15, 0.2) is 52.7 Å². The molecule has 1 N–H and O–H groups in total. The Hall–Kier alpha value is -2.16. The molecule has 156 valence electrons. The Kier molecular flexibility index (Phi) is 7.46. The number of ketones is 1. The molecule has 1 unspecified atom stereocenters. The molecule has 3 nitrogen and oxygen atoms in total. The van der Waals surface area contributed by atoms with Crippen LogP contribution in [-0.4, -0.2) is 17.7 Å². The highest BCUT2D eigenvalue weighted by Gasteiger charge is 2.27. The van der Waals surface area contributed by atoms with E-state index in [9.17, 15) is 4.79 Å². The molecule has 3 heteroatoms. The number of nitrogens with one attached hydrogen (secondary N) is 1. The molecular weight excluding hydrogens is 356 g/mol. The highest BCUT2D eigenvalue weighted by molar-refractivity contribution is 5.92. The third-order valence-electron chi connectivity index (χ3n) is 6.51. The standard InChI is InChI=1S/C26H36N2O/c1-5-21-11-13-22(14-12-21)15-16-25(27-23-9-7-6-8-10-23)28-26-19(3)18(2)17-24(29)20(26)4/h11-14,20,23H,2,5-10,15-17H2,1,3-4H3,(H,27,28). The monoisotopic (exact) mass is 392 g/mol. The Labute approximate surface area is 176 Å². The number of nitrogens with zero attached hydrogens (tertiary/aromatic N) is 1. The van der Waals surface area contributed by atoms with Crippen molar-refractivity contribution < 1.29 is 4.79 Å². The molecule has 1 fully saturated rings. The molecule has 2 aliphatic carbocycles. The van der Waals surface area contributed by atoms with Crippen molar-refractivity contribution in [2.75, 3.05) is 0 Å². The van der Waals surface area contributed by atoms with Crippen LogP contribution < -0.4 is 5.32 Å². The van der Waals surface area contributed by atoms with Gasteiger partial charge in [0.1, 0.15) is 11.6 Å². The zero-order valence-corrected chi connectivity index (χ0v) is 18.4. The first-order chi connectivity index (χ1) is 14.0. The maximum atomic E-state index is 12.4. The van der Waals surface area contributed by atoms with Crippen LogP contribution >= 0.6 is 0 Å². The first kappa shape index (κ1) is 21.5. The molecule has 1 atom stereocenters. The third-order valence-corrected chi connectivity index (χ3v) is 6.51. The van der Waals surface area contributed by atoms with E-state index in [1.165, 1.54) is 43.2 Å². The molecule has 0 amide bonds. The quantitative estimate of drug-likeness (QED) is 0.481. The minimum absolute atomic E-state index is 0.110. The van der Waals surface area contributed by atoms with Crippen LogP contribution in [0, 0.1) is 5.92 Å². The molecule has 0 saturated heterocycles. The van der Waals surface area contributed by atoms with Crippen molar-refractivity contribution in [1.29, 1.82) is 0 Å². The van der Waals surface area contributed by atoms with Crippen molar-refractivity contribution in [3.63, 3.8) is 0 Å². The maximum absolute atomic E-state index is 12.4. The van der Waals surface area contributed by atoms with Gasteiger partial charge in [0.25, 0.3) is 0 Å². The second-order valence-corrected chi connectivity index (χ2v) is 8.67. The molecule has 29 heavy (non-hydrogen) atoms. The van der Waals surface area contributed by atoms with Crippen molar-refractivity contribution in [3.05, 3.63) is 58.8 Å². The summed E-state index contributed by atoms with van der Waals surface area (Å²) in [5.74, 6) is 1.16. The van der Waals surface area contributed by atoms with Gasteiger partial charge in [-0.1, -0.05) is 57.0 Å². The molecule has 0 spiro atoms. The molecule has 3 rings (SSSR count). The lowest BCUT2D eigenvalue weighted by Crippen LogP contribution is -2.34. The molecule has 0 bridgehead atoms. The lowest BCUT2D eigenvalue weighted by Gasteiger charge is -2.28. The number of aliphatic imine (C=N–C) groups is 1. The summed E-state index contributed by atoms with van der Waals surface area (Å²) in [4.78, 5) is 17.5. The van der Waals surface area contributed by atoms with Crippen molar-refractivity contribution in [1.82, 2.24) is 5.32 Å². The molecular formula is C26H36N2O. The topological polar surface area (TPSA) is 41.5 Å². The van der Waals surface area contributed by atoms with Crippen LogP contribution in [0.5, 0.6) is 0 Å². The average Bonchev–Trinajstić information content (AvgIpc) is 2.74. The molecule has 0 heterocycles. The lowest BCUT2D eigenvalue weighted by molar-refractivity contribution is -0.121. The summed E-state index contributed by atoms with van der Waals surface area (Å²) in [6.45, 7) is 10.4. The van der Waals surface area contributed by atoms with Crippen molar-refractivity contribution in [3.8, 4) is 0 Å². The number of carbonyl (C=O) groups is 1. The molecule has 0 aromatic heterocycles. The van der Waals surface area contributed by atoms with Crippen LogP contribution in [0.2, 0.25) is 0 Å². The Balaban J connectivity index is 1.78. The van der Waals surface area contributed by atoms with E-state index in [4.69, 9.17) is 4.99 Å². The zero-order valence-electron chi connectivity index (χ0n) is 18.4. The average molecular weight is 393 g/mol. The Morgan fingerprint density at radius 1 is 1.14 bits per heavy atom. The number of hydrogen-bond donors (Lipinski definition) is 1. The van der Waals surface area contributed by atoms with E-state index in [2.05, 4.69) is 50.0 Å². The molecule has 0 aliphatic heterocycles. The number of benzene rings is 1. The van der Waals surface area contributed by atoms with E-state index in [0.717, 1.165) is 41.9 Å². The Bertz CT molecular complexity index is 795. The number of aryl methyl sites for hydroxylation is 2. The van der Waals surface area contributed by atoms with Gasteiger partial charge in [0, 0.05) is 18.5 Å². The third kappa shape index (κ3) is 5.68. The van der Waals surface area contributed by atoms with Crippen LogP contribution in [0.1, 0.15) is 76.8 Å². The SMILES string of the molecule is C=C1CC(=O)C(C)C(NC(CCc2ccc(CC)cc2)=NC2CCCCC2)=C1C. The minimum Gasteiger partial charge on any atom is -0.347 e. The van der Waals surface area contributed by atoms with E-state index in [1.807, 2.05) is 6.92 Å². The van der Waals surface area contributed by atoms with Gasteiger partial charge in [-0.25, -0.2) is 0 Å². The van der Waals surface area contributed by atoms with E-state index in [1.54, 1.807) is 0 Å². The van der Waals surface area contributed by atoms with Gasteiger partial charge in [-0.05, 0) is 61.8 Å². The highest BCUT2D eigenvalue weighted by atomic mass is 16.1. The molecule has 1 aromatic carbocycles. The Morgan fingerprint density at radius 3 is 2.45 bits per heavy atom. The number of hydrogen-bond acceptors (Lipinski definition) is 2. The zero-order chi connectivity index (χ0) is 20.8. The summed E-state index contributed by atoms with van der Waals surface area (Å²) < 4.78 is 0. The van der Waals surface area contributed by atoms with Crippen LogP contribution in [-0.2, 0) is 17.6 Å². The molecule has 2 aliphatic rings. The predicted octanol–water partition coefficient (Wildman–Crippen LogP) is 5.94. The van der Waals surface area contributed by atoms with Gasteiger partial charge in [-0.3, -0.25) is 9.79 Å². The van der Waals surface area contributed by atoms with Crippen LogP contribution in [0.4, 0.5) is 0 Å². The number of allylic oxidation sites excluding steroid dienone is 3. The van der Waals surface area contributed by atoms with Gasteiger partial charge < -0.3 is 5.32 Å².